The lowest BCUT2D eigenvalue weighted by atomic mass is 9.96. The fraction of sp³-hybridized carbons (Fsp3) is 0.0323. The number of nitrogens with zero attached hydrogens (tertiary/aromatic N) is 5. The van der Waals surface area contributed by atoms with Gasteiger partial charge in [0.2, 0.25) is 0 Å². The molecule has 0 saturated carbocycles. The van der Waals surface area contributed by atoms with Gasteiger partial charge in [0.15, 0.2) is 5.82 Å². The molecule has 0 radical (unpaired) electrons. The third-order valence-electron chi connectivity index (χ3n) is 12.8. The number of aromatic nitrogens is 5. The van der Waals surface area contributed by atoms with Crippen LogP contribution in [0.2, 0.25) is 0 Å². The van der Waals surface area contributed by atoms with E-state index < -0.39 is 0 Å². The number of hydrogen-bond donors (Lipinski definition) is 0. The van der Waals surface area contributed by atoms with E-state index in [-0.39, 0.29) is 0 Å². The van der Waals surface area contributed by atoms with E-state index in [1.165, 1.54) is 5.56 Å². The fourth-order valence-corrected chi connectivity index (χ4v) is 9.43. The fourth-order valence-electron chi connectivity index (χ4n) is 9.43. The van der Waals surface area contributed by atoms with Gasteiger partial charge in [-0.15, -0.1) is 0 Å². The first-order chi connectivity index (χ1) is 33.1. The second kappa shape index (κ2) is 17.0. The molecule has 0 fully saturated rings. The third kappa shape index (κ3) is 7.43. The van der Waals surface area contributed by atoms with Crippen LogP contribution in [0.4, 0.5) is 0 Å². The topological polar surface area (TPSA) is 56.5 Å². The maximum absolute atomic E-state index is 5.35. The zero-order chi connectivity index (χ0) is 44.7. The number of benzene rings is 9. The standard InChI is InChI=1S/C62H43N5/c1-2-58-66-61-57(67(58)51-24-10-5-11-25-51)37-36-53-52-26-12-13-27-54(52)63-60(59(53)61)46-34-30-44(31-35-46)43-28-32-45(33-29-43)55-40-56(49-22-14-20-47(38-49)41-16-6-3-7-17-41)65-62(64-55)50-23-15-21-48(39-50)42-18-8-4-9-19-42/h3-40H,2H2,1H3. The summed E-state index contributed by atoms with van der Waals surface area (Å²) in [6.45, 7) is 2.17. The maximum Gasteiger partial charge on any atom is 0.160 e. The van der Waals surface area contributed by atoms with Gasteiger partial charge in [-0.1, -0.05) is 195 Å². The SMILES string of the molecule is CCc1nc2c3c(-c4ccc(-c5ccc(-c6cc(-c7cccc(-c8ccccc8)c7)nc(-c7cccc(-c8ccccc8)c7)n6)cc5)cc4)nc4ccccc4c3ccc2n1-c1ccccc1. The lowest BCUT2D eigenvalue weighted by Crippen LogP contribution is -1.99. The highest BCUT2D eigenvalue weighted by Gasteiger charge is 2.20. The Hall–Kier alpha value is -8.80. The van der Waals surface area contributed by atoms with Crippen LogP contribution >= 0.6 is 0 Å². The van der Waals surface area contributed by atoms with E-state index in [1.807, 2.05) is 12.1 Å². The smallest absolute Gasteiger partial charge is 0.160 e. The van der Waals surface area contributed by atoms with Gasteiger partial charge in [0.1, 0.15) is 5.82 Å². The van der Waals surface area contributed by atoms with Crippen molar-refractivity contribution in [3.63, 3.8) is 0 Å². The molecule has 0 atom stereocenters. The van der Waals surface area contributed by atoms with Gasteiger partial charge >= 0.3 is 0 Å². The van der Waals surface area contributed by atoms with Gasteiger partial charge in [0, 0.05) is 45.1 Å². The zero-order valence-electron chi connectivity index (χ0n) is 36.9. The molecular weight excluding hydrogens is 815 g/mol. The minimum atomic E-state index is 0.680. The van der Waals surface area contributed by atoms with Crippen LogP contribution < -0.4 is 0 Å². The van der Waals surface area contributed by atoms with Crippen LogP contribution in [0.15, 0.2) is 231 Å². The first-order valence-electron chi connectivity index (χ1n) is 22.9. The van der Waals surface area contributed by atoms with E-state index in [1.54, 1.807) is 0 Å². The molecule has 5 heteroatoms. The van der Waals surface area contributed by atoms with Crippen LogP contribution in [0.25, 0.3) is 117 Å². The van der Waals surface area contributed by atoms with E-state index >= 15 is 0 Å². The van der Waals surface area contributed by atoms with Gasteiger partial charge in [-0.3, -0.25) is 4.57 Å². The summed E-state index contributed by atoms with van der Waals surface area (Å²) in [5, 5.41) is 3.34. The van der Waals surface area contributed by atoms with Crippen molar-refractivity contribution in [1.29, 1.82) is 0 Å². The largest absolute Gasteiger partial charge is 0.296 e. The lowest BCUT2D eigenvalue weighted by Gasteiger charge is -2.13. The lowest BCUT2D eigenvalue weighted by molar-refractivity contribution is 0.908. The molecule has 0 bridgehead atoms. The molecule has 12 aromatic rings. The molecule has 0 aliphatic carbocycles. The molecule has 0 amide bonds. The van der Waals surface area contributed by atoms with Crippen LogP contribution in [-0.4, -0.2) is 24.5 Å². The average molecular weight is 858 g/mol. The molecule has 0 spiro atoms. The predicted octanol–water partition coefficient (Wildman–Crippen LogP) is 15.7. The van der Waals surface area contributed by atoms with Crippen molar-refractivity contribution in [1.82, 2.24) is 24.5 Å². The molecule has 0 N–H and O–H groups in total. The minimum absolute atomic E-state index is 0.680. The molecule has 5 nitrogen and oxygen atoms in total. The number of aryl methyl sites for hydroxylation is 1. The Morgan fingerprint density at radius 1 is 0.358 bits per heavy atom. The summed E-state index contributed by atoms with van der Waals surface area (Å²) in [5.41, 5.74) is 17.6. The van der Waals surface area contributed by atoms with Crippen molar-refractivity contribution in [2.45, 2.75) is 13.3 Å². The average Bonchev–Trinajstić information content (AvgIpc) is 3.81. The van der Waals surface area contributed by atoms with Gasteiger partial charge < -0.3 is 0 Å². The number of hydrogen-bond acceptors (Lipinski definition) is 4. The van der Waals surface area contributed by atoms with Crippen LogP contribution in [0.1, 0.15) is 12.7 Å². The Morgan fingerprint density at radius 2 is 0.866 bits per heavy atom. The molecule has 0 aliphatic heterocycles. The highest BCUT2D eigenvalue weighted by atomic mass is 15.1. The number of pyridine rings is 1. The Morgan fingerprint density at radius 3 is 1.52 bits per heavy atom. The molecule has 0 saturated heterocycles. The third-order valence-corrected chi connectivity index (χ3v) is 12.8. The molecule has 9 aromatic carbocycles. The molecule has 3 heterocycles. The van der Waals surface area contributed by atoms with Gasteiger partial charge in [-0.05, 0) is 81.2 Å². The Labute approximate surface area is 389 Å². The second-order valence-electron chi connectivity index (χ2n) is 16.9. The van der Waals surface area contributed by atoms with Crippen molar-refractivity contribution in [3.05, 3.63) is 236 Å². The molecule has 3 aromatic heterocycles. The molecule has 67 heavy (non-hydrogen) atoms. The predicted molar refractivity (Wildman–Crippen MR) is 277 cm³/mol. The minimum Gasteiger partial charge on any atom is -0.296 e. The molecular formula is C62H43N5. The summed E-state index contributed by atoms with van der Waals surface area (Å²) >= 11 is 0. The Balaban J connectivity index is 0.925. The van der Waals surface area contributed by atoms with E-state index in [0.717, 1.165) is 118 Å². The summed E-state index contributed by atoms with van der Waals surface area (Å²) in [6, 6.07) is 81.1. The van der Waals surface area contributed by atoms with Gasteiger partial charge in [-0.2, -0.15) is 0 Å². The van der Waals surface area contributed by atoms with Crippen molar-refractivity contribution in [2.24, 2.45) is 0 Å². The van der Waals surface area contributed by atoms with Crippen LogP contribution in [0, 0.1) is 0 Å². The summed E-state index contributed by atoms with van der Waals surface area (Å²) in [6.07, 6.45) is 0.805. The van der Waals surface area contributed by atoms with Crippen LogP contribution in [0.3, 0.4) is 0 Å². The normalized spacial score (nSPS) is 11.4. The first-order valence-corrected chi connectivity index (χ1v) is 22.9. The van der Waals surface area contributed by atoms with E-state index in [0.29, 0.717) is 5.82 Å². The highest BCUT2D eigenvalue weighted by Crippen LogP contribution is 2.39. The van der Waals surface area contributed by atoms with E-state index in [2.05, 4.69) is 230 Å². The van der Waals surface area contributed by atoms with Crippen LogP contribution in [0.5, 0.6) is 0 Å². The molecule has 0 aliphatic rings. The van der Waals surface area contributed by atoms with E-state index in [4.69, 9.17) is 19.9 Å². The number of fused-ring (bicyclic) bond motifs is 5. The Kier molecular flexibility index (Phi) is 10.1. The number of para-hydroxylation sites is 2. The monoisotopic (exact) mass is 857 g/mol. The van der Waals surface area contributed by atoms with E-state index in [9.17, 15) is 0 Å². The van der Waals surface area contributed by atoms with Crippen molar-refractivity contribution < 1.29 is 0 Å². The summed E-state index contributed by atoms with van der Waals surface area (Å²) < 4.78 is 2.29. The molecule has 12 rings (SSSR count). The summed E-state index contributed by atoms with van der Waals surface area (Å²) in [7, 11) is 0. The quantitative estimate of drug-likeness (QED) is 0.136. The summed E-state index contributed by atoms with van der Waals surface area (Å²) in [4.78, 5) is 21.1. The van der Waals surface area contributed by atoms with Crippen molar-refractivity contribution >= 4 is 32.7 Å². The highest BCUT2D eigenvalue weighted by molar-refractivity contribution is 6.20. The van der Waals surface area contributed by atoms with Gasteiger partial charge in [0.05, 0.1) is 33.6 Å². The molecule has 316 valence electrons. The number of imidazole rings is 1. The van der Waals surface area contributed by atoms with Gasteiger partial charge in [0.25, 0.3) is 0 Å². The zero-order valence-corrected chi connectivity index (χ0v) is 36.9. The van der Waals surface area contributed by atoms with Crippen LogP contribution in [-0.2, 0) is 6.42 Å². The van der Waals surface area contributed by atoms with Crippen molar-refractivity contribution in [2.75, 3.05) is 0 Å². The maximum atomic E-state index is 5.35. The first kappa shape index (κ1) is 39.8. The number of rotatable bonds is 9. The molecule has 0 unspecified atom stereocenters. The second-order valence-corrected chi connectivity index (χ2v) is 16.9. The van der Waals surface area contributed by atoms with Crippen molar-refractivity contribution in [3.8, 4) is 84.2 Å². The Bertz CT molecular complexity index is 3650. The summed E-state index contributed by atoms with van der Waals surface area (Å²) in [5.74, 6) is 1.70. The van der Waals surface area contributed by atoms with Gasteiger partial charge in [-0.25, -0.2) is 19.9 Å².